The molecule has 0 aliphatic rings. The number of nitrogens with zero attached hydrogens (tertiary/aromatic N) is 3. The van der Waals surface area contributed by atoms with Crippen molar-refractivity contribution in [2.24, 2.45) is 9.74 Å². The van der Waals surface area contributed by atoms with E-state index in [0.717, 1.165) is 5.56 Å². The number of ether oxygens (including phenoxy) is 1. The van der Waals surface area contributed by atoms with Crippen molar-refractivity contribution in [3.8, 4) is 5.75 Å². The molecule has 0 aliphatic carbocycles. The molecule has 0 radical (unpaired) electrons. The lowest BCUT2D eigenvalue weighted by molar-refractivity contribution is -0.116. The fraction of sp³-hybridized carbons (Fsp3) is 0.417. The zero-order valence-electron chi connectivity index (χ0n) is 11.6. The van der Waals surface area contributed by atoms with E-state index in [9.17, 15) is 13.2 Å². The maximum Gasteiger partial charge on any atom is 0.279 e. The minimum Gasteiger partial charge on any atom is -0.497 e. The number of hydrogen-bond acceptors (Lipinski definition) is 5. The van der Waals surface area contributed by atoms with Gasteiger partial charge in [0, 0.05) is 20.5 Å². The van der Waals surface area contributed by atoms with Gasteiger partial charge in [0.1, 0.15) is 11.5 Å². The van der Waals surface area contributed by atoms with Crippen LogP contribution in [-0.4, -0.2) is 46.2 Å². The molecule has 0 atom stereocenters. The van der Waals surface area contributed by atoms with E-state index in [2.05, 4.69) is 9.74 Å². The summed E-state index contributed by atoms with van der Waals surface area (Å²) in [6.07, 6.45) is 0.0285. The Balaban J connectivity index is 2.63. The van der Waals surface area contributed by atoms with Crippen LogP contribution in [0.4, 0.5) is 0 Å². The highest BCUT2D eigenvalue weighted by Crippen LogP contribution is 2.12. The Kier molecular flexibility index (Phi) is 5.63. The van der Waals surface area contributed by atoms with E-state index in [0.29, 0.717) is 5.75 Å². The summed E-state index contributed by atoms with van der Waals surface area (Å²) in [4.78, 5) is 11.7. The fourth-order valence-electron chi connectivity index (χ4n) is 1.38. The Labute approximate surface area is 118 Å². The molecule has 1 aromatic carbocycles. The first kappa shape index (κ1) is 16.1. The predicted octanol–water partition coefficient (Wildman–Crippen LogP) is 1.07. The number of rotatable bonds is 7. The predicted molar refractivity (Wildman–Crippen MR) is 74.0 cm³/mol. The molecule has 0 amide bonds. The van der Waals surface area contributed by atoms with Crippen molar-refractivity contribution >= 4 is 15.8 Å². The molecule has 0 saturated carbocycles. The number of Topliss-reactive ketones (excluding diaryl/α,β-unsaturated/α-hetero) is 1. The molecular weight excluding hydrogens is 282 g/mol. The van der Waals surface area contributed by atoms with Gasteiger partial charge in [0.25, 0.3) is 10.0 Å². The van der Waals surface area contributed by atoms with E-state index in [4.69, 9.17) is 4.74 Å². The molecule has 0 aromatic heterocycles. The molecule has 0 N–H and O–H groups in total. The van der Waals surface area contributed by atoms with Gasteiger partial charge < -0.3 is 4.74 Å². The van der Waals surface area contributed by atoms with Gasteiger partial charge in [-0.3, -0.25) is 9.80 Å². The quantitative estimate of drug-likeness (QED) is 0.555. The second-order valence-electron chi connectivity index (χ2n) is 4.31. The molecule has 20 heavy (non-hydrogen) atoms. The van der Waals surface area contributed by atoms with Crippen molar-refractivity contribution in [2.45, 2.75) is 6.42 Å². The van der Waals surface area contributed by atoms with Gasteiger partial charge in [0.15, 0.2) is 5.78 Å². The van der Waals surface area contributed by atoms with Crippen LogP contribution in [0.15, 0.2) is 34.0 Å². The zero-order chi connectivity index (χ0) is 15.2. The van der Waals surface area contributed by atoms with E-state index >= 15 is 0 Å². The van der Waals surface area contributed by atoms with E-state index in [1.165, 1.54) is 19.1 Å². The number of hydrogen-bond donors (Lipinski definition) is 0. The maximum absolute atomic E-state index is 11.7. The number of carbonyl (C=O) groups is 1. The van der Waals surface area contributed by atoms with Gasteiger partial charge in [-0.1, -0.05) is 17.4 Å². The zero-order valence-corrected chi connectivity index (χ0v) is 12.4. The summed E-state index contributed by atoms with van der Waals surface area (Å²) in [7, 11) is 0.758. The van der Waals surface area contributed by atoms with E-state index in [-0.39, 0.29) is 6.42 Å². The molecular formula is C12H17N3O4S. The standard InChI is InChI=1S/C12H17N3O4S/c1-15(2)13-14-20(17,18)9-11(16)8-10-4-6-12(19-3)7-5-10/h4-7H,8-9H2,1-3H3/b14-13+. The van der Waals surface area contributed by atoms with Crippen LogP contribution in [0, 0.1) is 0 Å². The highest BCUT2D eigenvalue weighted by atomic mass is 32.2. The fourth-order valence-corrected chi connectivity index (χ4v) is 2.21. The van der Waals surface area contributed by atoms with Crippen LogP contribution in [-0.2, 0) is 21.2 Å². The average molecular weight is 299 g/mol. The smallest absolute Gasteiger partial charge is 0.279 e. The Morgan fingerprint density at radius 2 is 1.85 bits per heavy atom. The number of ketones is 1. The number of sulfonamides is 1. The van der Waals surface area contributed by atoms with Gasteiger partial charge in [-0.15, -0.1) is 0 Å². The maximum atomic E-state index is 11.7. The minimum absolute atomic E-state index is 0.0285. The number of methoxy groups -OCH3 is 1. The Morgan fingerprint density at radius 1 is 1.25 bits per heavy atom. The van der Waals surface area contributed by atoms with Crippen LogP contribution in [0.3, 0.4) is 0 Å². The molecule has 0 aliphatic heterocycles. The van der Waals surface area contributed by atoms with Gasteiger partial charge in [0.05, 0.1) is 7.11 Å². The average Bonchev–Trinajstić information content (AvgIpc) is 2.37. The normalized spacial score (nSPS) is 11.6. The van der Waals surface area contributed by atoms with Gasteiger partial charge in [-0.05, 0) is 22.2 Å². The van der Waals surface area contributed by atoms with E-state index in [1.54, 1.807) is 31.4 Å². The van der Waals surface area contributed by atoms with Crippen LogP contribution in [0.1, 0.15) is 5.56 Å². The van der Waals surface area contributed by atoms with E-state index < -0.39 is 21.6 Å². The molecule has 8 heteroatoms. The highest BCUT2D eigenvalue weighted by Gasteiger charge is 2.16. The molecule has 7 nitrogen and oxygen atoms in total. The Hall–Kier alpha value is -1.96. The molecule has 0 heterocycles. The van der Waals surface area contributed by atoms with Gasteiger partial charge in [-0.25, -0.2) is 8.42 Å². The lowest BCUT2D eigenvalue weighted by Crippen LogP contribution is -2.16. The van der Waals surface area contributed by atoms with Crippen LogP contribution in [0.25, 0.3) is 0 Å². The molecule has 1 aromatic rings. The summed E-state index contributed by atoms with van der Waals surface area (Å²) in [5, 5.41) is 4.62. The first-order valence-electron chi connectivity index (χ1n) is 5.80. The Bertz CT molecular complexity index is 579. The molecule has 0 spiro atoms. The lowest BCUT2D eigenvalue weighted by Gasteiger charge is -2.03. The third-order valence-electron chi connectivity index (χ3n) is 2.24. The van der Waals surface area contributed by atoms with Crippen molar-refractivity contribution in [1.29, 1.82) is 0 Å². The summed E-state index contributed by atoms with van der Waals surface area (Å²) < 4.78 is 31.2. The van der Waals surface area contributed by atoms with Crippen molar-refractivity contribution in [2.75, 3.05) is 27.0 Å². The molecule has 1 rings (SSSR count). The summed E-state index contributed by atoms with van der Waals surface area (Å²) in [6.45, 7) is 0. The third-order valence-corrected chi connectivity index (χ3v) is 3.25. The SMILES string of the molecule is COc1ccc(CC(=O)CS(=O)(=O)/N=N/N(C)C)cc1. The number of carbonyl (C=O) groups excluding carboxylic acids is 1. The number of benzene rings is 1. The second kappa shape index (κ2) is 6.99. The summed E-state index contributed by atoms with van der Waals surface area (Å²) in [6, 6.07) is 6.85. The van der Waals surface area contributed by atoms with Gasteiger partial charge in [-0.2, -0.15) is 0 Å². The van der Waals surface area contributed by atoms with Crippen molar-refractivity contribution < 1.29 is 17.9 Å². The van der Waals surface area contributed by atoms with Gasteiger partial charge in [0.2, 0.25) is 0 Å². The first-order valence-corrected chi connectivity index (χ1v) is 7.41. The molecule has 0 bridgehead atoms. The highest BCUT2D eigenvalue weighted by molar-refractivity contribution is 7.90. The second-order valence-corrected chi connectivity index (χ2v) is 5.92. The van der Waals surface area contributed by atoms with E-state index in [1.807, 2.05) is 0 Å². The Morgan fingerprint density at radius 3 is 2.35 bits per heavy atom. The molecule has 0 fully saturated rings. The van der Waals surface area contributed by atoms with Crippen molar-refractivity contribution in [3.05, 3.63) is 29.8 Å². The summed E-state index contributed by atoms with van der Waals surface area (Å²) in [5.41, 5.74) is 0.718. The minimum atomic E-state index is -3.87. The first-order chi connectivity index (χ1) is 9.32. The molecule has 0 unspecified atom stereocenters. The summed E-state index contributed by atoms with van der Waals surface area (Å²) >= 11 is 0. The van der Waals surface area contributed by atoms with Crippen LogP contribution in [0.5, 0.6) is 5.75 Å². The summed E-state index contributed by atoms with van der Waals surface area (Å²) in [5.74, 6) is -0.419. The monoisotopic (exact) mass is 299 g/mol. The van der Waals surface area contributed by atoms with Crippen molar-refractivity contribution in [1.82, 2.24) is 5.01 Å². The van der Waals surface area contributed by atoms with Gasteiger partial charge >= 0.3 is 0 Å². The lowest BCUT2D eigenvalue weighted by atomic mass is 10.1. The molecule has 0 saturated heterocycles. The van der Waals surface area contributed by atoms with Crippen LogP contribution < -0.4 is 4.74 Å². The molecule has 110 valence electrons. The topological polar surface area (TPSA) is 88.4 Å². The van der Waals surface area contributed by atoms with Crippen LogP contribution >= 0.6 is 0 Å². The third kappa shape index (κ3) is 5.79. The van der Waals surface area contributed by atoms with Crippen LogP contribution in [0.2, 0.25) is 0 Å². The van der Waals surface area contributed by atoms with Crippen molar-refractivity contribution in [3.63, 3.8) is 0 Å². The largest absolute Gasteiger partial charge is 0.497 e.